The summed E-state index contributed by atoms with van der Waals surface area (Å²) in [7, 11) is -3.73. The summed E-state index contributed by atoms with van der Waals surface area (Å²) >= 11 is 4.76. The summed E-state index contributed by atoms with van der Waals surface area (Å²) in [5, 5.41) is 0. The minimum absolute atomic E-state index is 0.0146. The Morgan fingerprint density at radius 2 is 2.05 bits per heavy atom. The molecule has 0 aromatic carbocycles. The van der Waals surface area contributed by atoms with Crippen molar-refractivity contribution in [2.24, 2.45) is 5.73 Å². The first-order chi connectivity index (χ1) is 9.38. The van der Waals surface area contributed by atoms with Crippen LogP contribution in [-0.2, 0) is 10.0 Å². The maximum Gasteiger partial charge on any atom is 0.264 e. The smallest absolute Gasteiger partial charge is 0.264 e. The fourth-order valence-corrected chi connectivity index (χ4v) is 2.55. The van der Waals surface area contributed by atoms with Gasteiger partial charge in [-0.05, 0) is 31.2 Å². The second-order valence-electron chi connectivity index (χ2n) is 4.01. The first-order valence-electron chi connectivity index (χ1n) is 5.61. The summed E-state index contributed by atoms with van der Waals surface area (Å²) in [5.41, 5.74) is 6.49. The topological polar surface area (TPSA) is 98.0 Å². The van der Waals surface area contributed by atoms with Crippen molar-refractivity contribution in [3.05, 3.63) is 47.9 Å². The Morgan fingerprint density at radius 1 is 1.30 bits per heavy atom. The molecule has 2 aromatic heterocycles. The van der Waals surface area contributed by atoms with Crippen LogP contribution in [0.2, 0.25) is 0 Å². The average molecular weight is 308 g/mol. The van der Waals surface area contributed by atoms with Crippen molar-refractivity contribution in [1.29, 1.82) is 0 Å². The zero-order chi connectivity index (χ0) is 14.8. The van der Waals surface area contributed by atoms with Crippen LogP contribution in [0.25, 0.3) is 0 Å². The molecule has 0 saturated heterocycles. The largest absolute Gasteiger partial charge is 0.388 e. The first kappa shape index (κ1) is 14.4. The molecule has 0 spiro atoms. The molecule has 0 amide bonds. The molecule has 20 heavy (non-hydrogen) atoms. The van der Waals surface area contributed by atoms with Crippen LogP contribution >= 0.6 is 12.2 Å². The molecule has 0 saturated carbocycles. The number of hydrogen-bond acceptors (Lipinski definition) is 5. The fourth-order valence-electron chi connectivity index (χ4n) is 1.48. The van der Waals surface area contributed by atoms with Gasteiger partial charge in [0.2, 0.25) is 0 Å². The Bertz CT molecular complexity index is 742. The maximum absolute atomic E-state index is 12.1. The molecule has 0 fully saturated rings. The molecule has 0 aliphatic rings. The van der Waals surface area contributed by atoms with E-state index in [1.54, 1.807) is 25.1 Å². The Kier molecular flexibility index (Phi) is 3.96. The molecule has 2 rings (SSSR count). The summed E-state index contributed by atoms with van der Waals surface area (Å²) in [6.07, 6.45) is 1.20. The highest BCUT2D eigenvalue weighted by atomic mass is 32.2. The van der Waals surface area contributed by atoms with Gasteiger partial charge in [-0.2, -0.15) is 0 Å². The van der Waals surface area contributed by atoms with Crippen molar-refractivity contribution >= 4 is 33.0 Å². The van der Waals surface area contributed by atoms with Gasteiger partial charge in [0, 0.05) is 11.9 Å². The number of anilines is 1. The Hall–Kier alpha value is -2.06. The van der Waals surface area contributed by atoms with E-state index in [4.69, 9.17) is 18.0 Å². The number of aromatic nitrogens is 2. The highest BCUT2D eigenvalue weighted by Crippen LogP contribution is 2.14. The van der Waals surface area contributed by atoms with Crippen molar-refractivity contribution < 1.29 is 8.42 Å². The predicted molar refractivity (Wildman–Crippen MR) is 79.9 cm³/mol. The van der Waals surface area contributed by atoms with Crippen LogP contribution in [0.5, 0.6) is 0 Å². The second-order valence-corrected chi connectivity index (χ2v) is 6.14. The van der Waals surface area contributed by atoms with E-state index in [1.807, 2.05) is 0 Å². The molecule has 6 nitrogen and oxygen atoms in total. The molecule has 104 valence electrons. The van der Waals surface area contributed by atoms with Gasteiger partial charge >= 0.3 is 0 Å². The van der Waals surface area contributed by atoms with Gasteiger partial charge in [0.05, 0.1) is 5.69 Å². The Morgan fingerprint density at radius 3 is 2.60 bits per heavy atom. The van der Waals surface area contributed by atoms with Gasteiger partial charge in [-0.15, -0.1) is 0 Å². The normalized spacial score (nSPS) is 11.1. The van der Waals surface area contributed by atoms with E-state index in [2.05, 4.69) is 14.7 Å². The number of rotatable bonds is 4. The molecule has 8 heteroatoms. The van der Waals surface area contributed by atoms with Crippen LogP contribution in [0.4, 0.5) is 5.82 Å². The summed E-state index contributed by atoms with van der Waals surface area (Å²) in [6.45, 7) is 1.77. The number of aryl methyl sites for hydroxylation is 1. The lowest BCUT2D eigenvalue weighted by molar-refractivity contribution is 0.600. The Labute approximate surface area is 122 Å². The summed E-state index contributed by atoms with van der Waals surface area (Å²) in [4.78, 5) is 8.10. The molecular weight excluding hydrogens is 296 g/mol. The maximum atomic E-state index is 12.1. The molecule has 0 aliphatic carbocycles. The van der Waals surface area contributed by atoms with Gasteiger partial charge in [0.25, 0.3) is 10.0 Å². The number of hydrogen-bond donors (Lipinski definition) is 2. The monoisotopic (exact) mass is 308 g/mol. The van der Waals surface area contributed by atoms with Crippen LogP contribution in [0.15, 0.2) is 41.4 Å². The number of pyridine rings is 2. The van der Waals surface area contributed by atoms with Gasteiger partial charge in [-0.1, -0.05) is 18.3 Å². The van der Waals surface area contributed by atoms with Crippen LogP contribution in [0.3, 0.4) is 0 Å². The van der Waals surface area contributed by atoms with Crippen molar-refractivity contribution in [2.45, 2.75) is 11.8 Å². The molecule has 0 radical (unpaired) electrons. The summed E-state index contributed by atoms with van der Waals surface area (Å²) in [6, 6.07) is 7.91. The number of nitrogens with one attached hydrogen (secondary N) is 1. The van der Waals surface area contributed by atoms with Gasteiger partial charge < -0.3 is 5.73 Å². The van der Waals surface area contributed by atoms with Crippen molar-refractivity contribution in [3.8, 4) is 0 Å². The molecule has 0 aliphatic heterocycles. The molecule has 0 atom stereocenters. The molecule has 2 heterocycles. The van der Waals surface area contributed by atoms with Crippen molar-refractivity contribution in [3.63, 3.8) is 0 Å². The van der Waals surface area contributed by atoms with Crippen molar-refractivity contribution in [1.82, 2.24) is 9.97 Å². The standard InChI is InChI=1S/C12H12N4O2S2/c1-8-3-2-4-11(15-8)16-20(17,18)9-5-6-10(12(13)19)14-7-9/h2-7H,1H3,(H2,13,19)(H,15,16). The minimum atomic E-state index is -3.73. The number of nitrogens with zero attached hydrogens (tertiary/aromatic N) is 2. The number of thiocarbonyl (C=S) groups is 1. The van der Waals surface area contributed by atoms with Gasteiger partial charge in [-0.3, -0.25) is 9.71 Å². The van der Waals surface area contributed by atoms with E-state index in [0.29, 0.717) is 11.4 Å². The van der Waals surface area contributed by atoms with E-state index in [9.17, 15) is 8.42 Å². The minimum Gasteiger partial charge on any atom is -0.388 e. The lowest BCUT2D eigenvalue weighted by atomic mass is 10.3. The first-order valence-corrected chi connectivity index (χ1v) is 7.50. The van der Waals surface area contributed by atoms with E-state index in [1.165, 1.54) is 18.3 Å². The second kappa shape index (κ2) is 5.51. The summed E-state index contributed by atoms with van der Waals surface area (Å²) in [5.74, 6) is 0.253. The van der Waals surface area contributed by atoms with Gasteiger partial charge in [-0.25, -0.2) is 13.4 Å². The summed E-state index contributed by atoms with van der Waals surface area (Å²) < 4.78 is 26.7. The van der Waals surface area contributed by atoms with Crippen molar-refractivity contribution in [2.75, 3.05) is 4.72 Å². The van der Waals surface area contributed by atoms with Crippen LogP contribution in [0, 0.1) is 6.92 Å². The lowest BCUT2D eigenvalue weighted by Crippen LogP contribution is -2.16. The lowest BCUT2D eigenvalue weighted by Gasteiger charge is -2.07. The molecule has 3 N–H and O–H groups in total. The van der Waals surface area contributed by atoms with Crippen LogP contribution in [0.1, 0.15) is 11.4 Å². The van der Waals surface area contributed by atoms with E-state index < -0.39 is 10.0 Å². The quantitative estimate of drug-likeness (QED) is 0.824. The number of sulfonamides is 1. The average Bonchev–Trinajstić information content (AvgIpc) is 2.38. The highest BCUT2D eigenvalue weighted by Gasteiger charge is 2.15. The van der Waals surface area contributed by atoms with E-state index >= 15 is 0 Å². The van der Waals surface area contributed by atoms with Crippen LogP contribution in [-0.4, -0.2) is 23.4 Å². The highest BCUT2D eigenvalue weighted by molar-refractivity contribution is 7.92. The van der Waals surface area contributed by atoms with E-state index in [0.717, 1.165) is 0 Å². The Balaban J connectivity index is 2.28. The fraction of sp³-hybridized carbons (Fsp3) is 0.0833. The predicted octanol–water partition coefficient (Wildman–Crippen LogP) is 1.22. The molecule has 0 unspecified atom stereocenters. The zero-order valence-corrected chi connectivity index (χ0v) is 12.2. The third-order valence-electron chi connectivity index (χ3n) is 2.43. The van der Waals surface area contributed by atoms with Gasteiger partial charge in [0.15, 0.2) is 0 Å². The SMILES string of the molecule is Cc1cccc(NS(=O)(=O)c2ccc(C(N)=S)nc2)n1. The molecule has 2 aromatic rings. The molecular formula is C12H12N4O2S2. The number of nitrogens with two attached hydrogens (primary N) is 1. The van der Waals surface area contributed by atoms with Crippen LogP contribution < -0.4 is 10.5 Å². The van der Waals surface area contributed by atoms with E-state index in [-0.39, 0.29) is 15.7 Å². The van der Waals surface area contributed by atoms with Gasteiger partial charge in [0.1, 0.15) is 15.7 Å². The zero-order valence-electron chi connectivity index (χ0n) is 10.6. The third kappa shape index (κ3) is 3.28. The third-order valence-corrected chi connectivity index (χ3v) is 3.98. The molecule has 0 bridgehead atoms.